The summed E-state index contributed by atoms with van der Waals surface area (Å²) >= 11 is 2.11. The first kappa shape index (κ1) is 15.9. The Balaban J connectivity index is 2.14. The van der Waals surface area contributed by atoms with Crippen molar-refractivity contribution < 1.29 is 0 Å². The van der Waals surface area contributed by atoms with Crippen LogP contribution in [-0.4, -0.2) is 18.1 Å². The zero-order valence-electron chi connectivity index (χ0n) is 13.2. The third-order valence-corrected chi connectivity index (χ3v) is 5.19. The fraction of sp³-hybridized carbons (Fsp3) is 0.667. The topological polar surface area (TPSA) is 12.0 Å². The summed E-state index contributed by atoms with van der Waals surface area (Å²) in [6.07, 6.45) is 3.76. The second kappa shape index (κ2) is 8.09. The Morgan fingerprint density at radius 2 is 2.20 bits per heavy atom. The molecular formula is C18H29NS. The van der Waals surface area contributed by atoms with Gasteiger partial charge in [-0.1, -0.05) is 45.0 Å². The molecule has 0 amide bonds. The van der Waals surface area contributed by atoms with E-state index in [-0.39, 0.29) is 0 Å². The van der Waals surface area contributed by atoms with Crippen LogP contribution in [0.25, 0.3) is 0 Å². The van der Waals surface area contributed by atoms with Crippen LogP contribution in [0.3, 0.4) is 0 Å². The molecule has 0 spiro atoms. The molecule has 112 valence electrons. The molecule has 1 saturated heterocycles. The molecule has 1 aromatic carbocycles. The van der Waals surface area contributed by atoms with Gasteiger partial charge in [-0.25, -0.2) is 0 Å². The number of hydrogen-bond acceptors (Lipinski definition) is 2. The van der Waals surface area contributed by atoms with Gasteiger partial charge in [0.05, 0.1) is 0 Å². The first-order valence-corrected chi connectivity index (χ1v) is 9.26. The van der Waals surface area contributed by atoms with Crippen LogP contribution in [0, 0.1) is 11.8 Å². The Morgan fingerprint density at radius 1 is 1.35 bits per heavy atom. The molecule has 20 heavy (non-hydrogen) atoms. The van der Waals surface area contributed by atoms with Gasteiger partial charge in [-0.2, -0.15) is 11.8 Å². The highest BCUT2D eigenvalue weighted by Crippen LogP contribution is 2.34. The minimum atomic E-state index is 0.553. The average Bonchev–Trinajstić information content (AvgIpc) is 2.93. The van der Waals surface area contributed by atoms with Gasteiger partial charge in [0.1, 0.15) is 0 Å². The van der Waals surface area contributed by atoms with E-state index in [0.717, 1.165) is 18.4 Å². The van der Waals surface area contributed by atoms with Crippen molar-refractivity contribution in [1.29, 1.82) is 0 Å². The third kappa shape index (κ3) is 4.53. The Bertz CT molecular complexity index is 396. The van der Waals surface area contributed by atoms with Gasteiger partial charge in [-0.15, -0.1) is 0 Å². The summed E-state index contributed by atoms with van der Waals surface area (Å²) < 4.78 is 0. The van der Waals surface area contributed by atoms with E-state index in [0.29, 0.717) is 6.04 Å². The average molecular weight is 292 g/mol. The fourth-order valence-corrected chi connectivity index (χ4v) is 4.36. The van der Waals surface area contributed by atoms with Crippen LogP contribution in [0.4, 0.5) is 0 Å². The SMILES string of the molecule is CCCNC(c1cccc(CC(C)C)c1)C1CCSC1. The number of thioether (sulfide) groups is 1. The molecule has 1 aliphatic rings. The summed E-state index contributed by atoms with van der Waals surface area (Å²) in [4.78, 5) is 0. The fourth-order valence-electron chi connectivity index (χ4n) is 3.06. The molecule has 1 aliphatic heterocycles. The summed E-state index contributed by atoms with van der Waals surface area (Å²) in [6.45, 7) is 7.98. The summed E-state index contributed by atoms with van der Waals surface area (Å²) in [5, 5.41) is 3.79. The van der Waals surface area contributed by atoms with Crippen LogP contribution in [-0.2, 0) is 6.42 Å². The van der Waals surface area contributed by atoms with E-state index in [2.05, 4.69) is 62.1 Å². The second-order valence-corrected chi connectivity index (χ2v) is 7.55. The molecule has 1 N–H and O–H groups in total. The first-order chi connectivity index (χ1) is 9.70. The van der Waals surface area contributed by atoms with Gasteiger partial charge >= 0.3 is 0 Å². The smallest absolute Gasteiger partial charge is 0.0356 e. The monoisotopic (exact) mass is 291 g/mol. The molecule has 0 aromatic heterocycles. The Hall–Kier alpha value is -0.470. The Kier molecular flexibility index (Phi) is 6.44. The highest BCUT2D eigenvalue weighted by Gasteiger charge is 2.26. The van der Waals surface area contributed by atoms with Gasteiger partial charge < -0.3 is 5.32 Å². The first-order valence-electron chi connectivity index (χ1n) is 8.10. The van der Waals surface area contributed by atoms with Gasteiger partial charge in [0.2, 0.25) is 0 Å². The normalized spacial score (nSPS) is 20.5. The molecule has 2 heteroatoms. The van der Waals surface area contributed by atoms with Crippen molar-refractivity contribution in [3.8, 4) is 0 Å². The van der Waals surface area contributed by atoms with Crippen LogP contribution >= 0.6 is 11.8 Å². The molecule has 0 radical (unpaired) electrons. The van der Waals surface area contributed by atoms with Crippen LogP contribution in [0.15, 0.2) is 24.3 Å². The highest BCUT2D eigenvalue weighted by atomic mass is 32.2. The lowest BCUT2D eigenvalue weighted by atomic mass is 9.90. The van der Waals surface area contributed by atoms with Gasteiger partial charge in [0.25, 0.3) is 0 Å². The van der Waals surface area contributed by atoms with E-state index in [1.54, 1.807) is 0 Å². The van der Waals surface area contributed by atoms with Crippen molar-refractivity contribution in [2.75, 3.05) is 18.1 Å². The molecule has 1 heterocycles. The quantitative estimate of drug-likeness (QED) is 0.783. The van der Waals surface area contributed by atoms with Crippen LogP contribution in [0.5, 0.6) is 0 Å². The molecule has 2 rings (SSSR count). The van der Waals surface area contributed by atoms with E-state index in [1.165, 1.54) is 41.9 Å². The van der Waals surface area contributed by atoms with Crippen molar-refractivity contribution in [1.82, 2.24) is 5.32 Å². The predicted molar refractivity (Wildman–Crippen MR) is 91.5 cm³/mol. The summed E-state index contributed by atoms with van der Waals surface area (Å²) in [5.74, 6) is 4.19. The number of benzene rings is 1. The molecule has 2 unspecified atom stereocenters. The van der Waals surface area contributed by atoms with E-state index in [9.17, 15) is 0 Å². The minimum absolute atomic E-state index is 0.553. The number of hydrogen-bond donors (Lipinski definition) is 1. The van der Waals surface area contributed by atoms with Crippen molar-refractivity contribution in [2.24, 2.45) is 11.8 Å². The van der Waals surface area contributed by atoms with Crippen molar-refractivity contribution in [3.63, 3.8) is 0 Å². The molecule has 0 saturated carbocycles. The van der Waals surface area contributed by atoms with Crippen molar-refractivity contribution >= 4 is 11.8 Å². The van der Waals surface area contributed by atoms with Gasteiger partial charge in [-0.3, -0.25) is 0 Å². The maximum Gasteiger partial charge on any atom is 0.0356 e. The van der Waals surface area contributed by atoms with Gasteiger partial charge in [-0.05, 0) is 60.3 Å². The second-order valence-electron chi connectivity index (χ2n) is 6.40. The molecule has 1 nitrogen and oxygen atoms in total. The van der Waals surface area contributed by atoms with Gasteiger partial charge in [0, 0.05) is 6.04 Å². The largest absolute Gasteiger partial charge is 0.310 e. The zero-order chi connectivity index (χ0) is 14.4. The molecule has 2 atom stereocenters. The van der Waals surface area contributed by atoms with Gasteiger partial charge in [0.15, 0.2) is 0 Å². The lowest BCUT2D eigenvalue weighted by molar-refractivity contribution is 0.393. The van der Waals surface area contributed by atoms with E-state index >= 15 is 0 Å². The lowest BCUT2D eigenvalue weighted by Crippen LogP contribution is -2.29. The number of nitrogens with one attached hydrogen (secondary N) is 1. The molecule has 0 aliphatic carbocycles. The maximum atomic E-state index is 3.79. The lowest BCUT2D eigenvalue weighted by Gasteiger charge is -2.25. The van der Waals surface area contributed by atoms with Crippen LogP contribution in [0.1, 0.15) is 50.8 Å². The Morgan fingerprint density at radius 3 is 2.85 bits per heavy atom. The van der Waals surface area contributed by atoms with E-state index in [1.807, 2.05) is 0 Å². The summed E-state index contributed by atoms with van der Waals surface area (Å²) in [6, 6.07) is 9.84. The minimum Gasteiger partial charge on any atom is -0.310 e. The third-order valence-electron chi connectivity index (χ3n) is 4.00. The predicted octanol–water partition coefficient (Wildman–Crippen LogP) is 4.68. The van der Waals surface area contributed by atoms with E-state index in [4.69, 9.17) is 0 Å². The maximum absolute atomic E-state index is 3.79. The number of rotatable bonds is 7. The van der Waals surface area contributed by atoms with Crippen LogP contribution < -0.4 is 5.32 Å². The summed E-state index contributed by atoms with van der Waals surface area (Å²) in [5.41, 5.74) is 3.00. The van der Waals surface area contributed by atoms with Crippen molar-refractivity contribution in [3.05, 3.63) is 35.4 Å². The standard InChI is InChI=1S/C18H29NS/c1-4-9-19-18(17-8-10-20-13-17)16-7-5-6-15(12-16)11-14(2)3/h5-7,12,14,17-19H,4,8-11,13H2,1-3H3. The zero-order valence-corrected chi connectivity index (χ0v) is 14.0. The van der Waals surface area contributed by atoms with Crippen LogP contribution in [0.2, 0.25) is 0 Å². The molecule has 1 fully saturated rings. The highest BCUT2D eigenvalue weighted by molar-refractivity contribution is 7.99. The Labute approximate surface area is 128 Å². The van der Waals surface area contributed by atoms with Crippen molar-refractivity contribution in [2.45, 2.75) is 46.1 Å². The summed E-state index contributed by atoms with van der Waals surface area (Å²) in [7, 11) is 0. The van der Waals surface area contributed by atoms with E-state index < -0.39 is 0 Å². The molecule has 1 aromatic rings. The molecular weight excluding hydrogens is 262 g/mol. The molecule has 0 bridgehead atoms.